The molecule has 1 heterocycles. The zero-order chi connectivity index (χ0) is 19.7. The summed E-state index contributed by atoms with van der Waals surface area (Å²) < 4.78 is 27.8. The van der Waals surface area contributed by atoms with Gasteiger partial charge >= 0.3 is 0 Å². The molecule has 4 rings (SSSR count). The molecule has 0 N–H and O–H groups in total. The monoisotopic (exact) mass is 450 g/mol. The molecule has 0 aliphatic carbocycles. The lowest BCUT2D eigenvalue weighted by Crippen LogP contribution is -2.32. The van der Waals surface area contributed by atoms with Crippen LogP contribution in [0.4, 0.5) is 0 Å². The normalized spacial score (nSPS) is 14.5. The van der Waals surface area contributed by atoms with E-state index in [2.05, 4.69) is 4.99 Å². The molecule has 0 amide bonds. The highest BCUT2D eigenvalue weighted by molar-refractivity contribution is 8.14. The van der Waals surface area contributed by atoms with Crippen molar-refractivity contribution in [3.63, 3.8) is 0 Å². The van der Waals surface area contributed by atoms with Gasteiger partial charge in [-0.1, -0.05) is 71.4 Å². The van der Waals surface area contributed by atoms with Crippen molar-refractivity contribution in [3.8, 4) is 0 Å². The topological polar surface area (TPSA) is 49.7 Å². The van der Waals surface area contributed by atoms with Gasteiger partial charge in [-0.25, -0.2) is 12.7 Å². The number of thioether (sulfide) groups is 1. The highest BCUT2D eigenvalue weighted by atomic mass is 35.5. The van der Waals surface area contributed by atoms with Crippen LogP contribution in [0.1, 0.15) is 5.56 Å². The highest BCUT2D eigenvalue weighted by Crippen LogP contribution is 2.30. The zero-order valence-corrected chi connectivity index (χ0v) is 17.8. The molecule has 0 aromatic heterocycles. The fraction of sp³-hybridized carbons (Fsp3) is 0.150. The van der Waals surface area contributed by atoms with Crippen LogP contribution in [-0.2, 0) is 15.8 Å². The van der Waals surface area contributed by atoms with Crippen LogP contribution in [0.15, 0.2) is 70.6 Å². The maximum atomic E-state index is 13.2. The van der Waals surface area contributed by atoms with Gasteiger partial charge in [0.2, 0.25) is 0 Å². The van der Waals surface area contributed by atoms with Gasteiger partial charge in [0.25, 0.3) is 10.0 Å². The molecule has 8 heteroatoms. The second-order valence-corrected chi connectivity index (χ2v) is 9.92. The van der Waals surface area contributed by atoms with Crippen LogP contribution >= 0.6 is 35.0 Å². The summed E-state index contributed by atoms with van der Waals surface area (Å²) in [6, 6.07) is 18.2. The van der Waals surface area contributed by atoms with Crippen molar-refractivity contribution in [2.24, 2.45) is 4.99 Å². The molecule has 0 bridgehead atoms. The molecule has 0 unspecified atom stereocenters. The predicted molar refractivity (Wildman–Crippen MR) is 118 cm³/mol. The largest absolute Gasteiger partial charge is 0.265 e. The number of aliphatic imine (C=N–C) groups is 1. The standard InChI is InChI=1S/C20H16Cl2N2O2S2/c21-17-7-5-16(19(22)12-17)13-27-20-23-9-10-24(20)28(25,26)18-8-6-14-3-1-2-4-15(14)11-18/h1-8,11-12H,9-10,13H2. The van der Waals surface area contributed by atoms with Crippen LogP contribution in [-0.4, -0.2) is 31.0 Å². The maximum Gasteiger partial charge on any atom is 0.265 e. The summed E-state index contributed by atoms with van der Waals surface area (Å²) in [5.74, 6) is 0.512. The van der Waals surface area contributed by atoms with Gasteiger partial charge in [-0.15, -0.1) is 0 Å². The number of hydrogen-bond donors (Lipinski definition) is 0. The summed E-state index contributed by atoms with van der Waals surface area (Å²) in [6.45, 7) is 0.787. The Bertz CT molecular complexity index is 1180. The average Bonchev–Trinajstić information content (AvgIpc) is 3.16. The Hall–Kier alpha value is -1.73. The van der Waals surface area contributed by atoms with Crippen LogP contribution in [0.25, 0.3) is 10.8 Å². The third-order valence-corrected chi connectivity index (χ3v) is 8.00. The smallest absolute Gasteiger partial charge is 0.260 e. The van der Waals surface area contributed by atoms with E-state index in [0.29, 0.717) is 34.1 Å². The zero-order valence-electron chi connectivity index (χ0n) is 14.7. The first kappa shape index (κ1) is 19.6. The third-order valence-electron chi connectivity index (χ3n) is 4.44. The van der Waals surface area contributed by atoms with Gasteiger partial charge in [0.15, 0.2) is 5.17 Å². The molecular formula is C20H16Cl2N2O2S2. The molecular weight excluding hydrogens is 435 g/mol. The summed E-state index contributed by atoms with van der Waals surface area (Å²) in [5, 5.41) is 3.50. The molecule has 0 saturated heterocycles. The molecule has 4 nitrogen and oxygen atoms in total. The number of rotatable bonds is 4. The number of halogens is 2. The van der Waals surface area contributed by atoms with Gasteiger partial charge in [0, 0.05) is 15.8 Å². The number of hydrogen-bond acceptors (Lipinski definition) is 4. The molecule has 0 atom stereocenters. The minimum atomic E-state index is -3.67. The van der Waals surface area contributed by atoms with E-state index in [1.54, 1.807) is 24.3 Å². The second-order valence-electron chi connectivity index (χ2n) is 6.27. The lowest BCUT2D eigenvalue weighted by molar-refractivity contribution is 0.540. The maximum absolute atomic E-state index is 13.2. The van der Waals surface area contributed by atoms with Gasteiger partial charge in [-0.05, 0) is 40.6 Å². The lowest BCUT2D eigenvalue weighted by atomic mass is 10.1. The van der Waals surface area contributed by atoms with Crippen molar-refractivity contribution in [1.82, 2.24) is 4.31 Å². The minimum absolute atomic E-state index is 0.269. The summed E-state index contributed by atoms with van der Waals surface area (Å²) in [7, 11) is -3.67. The van der Waals surface area contributed by atoms with E-state index in [9.17, 15) is 8.42 Å². The Morgan fingerprint density at radius 3 is 2.57 bits per heavy atom. The van der Waals surface area contributed by atoms with Crippen molar-refractivity contribution in [2.75, 3.05) is 13.1 Å². The molecule has 1 aliphatic rings. The molecule has 3 aromatic carbocycles. The number of sulfonamides is 1. The van der Waals surface area contributed by atoms with E-state index < -0.39 is 10.0 Å². The van der Waals surface area contributed by atoms with Gasteiger partial charge in [-0.3, -0.25) is 4.99 Å². The number of benzene rings is 3. The van der Waals surface area contributed by atoms with Crippen LogP contribution in [0.3, 0.4) is 0 Å². The molecule has 1 aliphatic heterocycles. The first-order chi connectivity index (χ1) is 13.4. The molecule has 0 fully saturated rings. The van der Waals surface area contributed by atoms with E-state index in [1.165, 1.54) is 16.1 Å². The summed E-state index contributed by atoms with van der Waals surface area (Å²) in [6.07, 6.45) is 0. The molecule has 0 spiro atoms. The fourth-order valence-electron chi connectivity index (χ4n) is 2.99. The Balaban J connectivity index is 1.57. The second kappa shape index (κ2) is 7.95. The van der Waals surface area contributed by atoms with Crippen molar-refractivity contribution in [2.45, 2.75) is 10.6 Å². The Morgan fingerprint density at radius 1 is 1.00 bits per heavy atom. The Labute approximate surface area is 178 Å². The van der Waals surface area contributed by atoms with Crippen molar-refractivity contribution >= 4 is 60.9 Å². The average molecular weight is 451 g/mol. The first-order valence-corrected chi connectivity index (χ1v) is 11.8. The Kier molecular flexibility index (Phi) is 5.56. The van der Waals surface area contributed by atoms with Crippen molar-refractivity contribution in [3.05, 3.63) is 76.3 Å². The van der Waals surface area contributed by atoms with E-state index in [0.717, 1.165) is 16.3 Å². The molecule has 3 aromatic rings. The quantitative estimate of drug-likeness (QED) is 0.531. The van der Waals surface area contributed by atoms with Crippen LogP contribution in [0, 0.1) is 0 Å². The van der Waals surface area contributed by atoms with Gasteiger partial charge in [0.1, 0.15) is 0 Å². The summed E-state index contributed by atoms with van der Waals surface area (Å²) in [4.78, 5) is 4.66. The summed E-state index contributed by atoms with van der Waals surface area (Å²) >= 11 is 13.5. The predicted octanol–water partition coefficient (Wildman–Crippen LogP) is 5.44. The van der Waals surface area contributed by atoms with E-state index in [4.69, 9.17) is 23.2 Å². The SMILES string of the molecule is O=S(=O)(c1ccc2ccccc2c1)N1CCN=C1SCc1ccc(Cl)cc1Cl. The molecule has 28 heavy (non-hydrogen) atoms. The number of amidine groups is 1. The Morgan fingerprint density at radius 2 is 1.79 bits per heavy atom. The van der Waals surface area contributed by atoms with Gasteiger partial charge in [0.05, 0.1) is 18.0 Å². The minimum Gasteiger partial charge on any atom is -0.260 e. The van der Waals surface area contributed by atoms with Crippen molar-refractivity contribution in [1.29, 1.82) is 0 Å². The van der Waals surface area contributed by atoms with E-state index in [-0.39, 0.29) is 4.90 Å². The molecule has 0 saturated carbocycles. The van der Waals surface area contributed by atoms with E-state index in [1.807, 2.05) is 36.4 Å². The van der Waals surface area contributed by atoms with Crippen LogP contribution in [0.5, 0.6) is 0 Å². The number of fused-ring (bicyclic) bond motifs is 1. The number of nitrogens with zero attached hydrogens (tertiary/aromatic N) is 2. The van der Waals surface area contributed by atoms with Crippen LogP contribution in [0.2, 0.25) is 10.0 Å². The van der Waals surface area contributed by atoms with E-state index >= 15 is 0 Å². The lowest BCUT2D eigenvalue weighted by Gasteiger charge is -2.20. The molecule has 0 radical (unpaired) electrons. The third kappa shape index (κ3) is 3.87. The van der Waals surface area contributed by atoms with Crippen LogP contribution < -0.4 is 0 Å². The highest BCUT2D eigenvalue weighted by Gasteiger charge is 2.31. The van der Waals surface area contributed by atoms with Crippen molar-refractivity contribution < 1.29 is 8.42 Å². The fourth-order valence-corrected chi connectivity index (χ4v) is 6.30. The summed E-state index contributed by atoms with van der Waals surface area (Å²) in [5.41, 5.74) is 0.883. The first-order valence-electron chi connectivity index (χ1n) is 8.58. The van der Waals surface area contributed by atoms with Gasteiger partial charge in [-0.2, -0.15) is 0 Å². The molecule has 144 valence electrons. The van der Waals surface area contributed by atoms with Gasteiger partial charge < -0.3 is 0 Å².